The zero-order valence-electron chi connectivity index (χ0n) is 15.7. The third-order valence-corrected chi connectivity index (χ3v) is 4.54. The molecule has 0 spiro atoms. The van der Waals surface area contributed by atoms with Gasteiger partial charge in [-0.2, -0.15) is 0 Å². The number of likely N-dealkylation sites (tertiary alicyclic amines) is 1. The van der Waals surface area contributed by atoms with Gasteiger partial charge in [0.25, 0.3) is 5.91 Å². The smallest absolute Gasteiger partial charge is 0.265 e. The molecule has 28 heavy (non-hydrogen) atoms. The number of carbonyl (C=O) groups excluding carboxylic acids is 1. The van der Waals surface area contributed by atoms with E-state index in [1.54, 1.807) is 6.07 Å². The second kappa shape index (κ2) is 9.85. The third kappa shape index (κ3) is 6.06. The molecule has 0 aliphatic carbocycles. The molecule has 6 nitrogen and oxygen atoms in total. The maximum absolute atomic E-state index is 13.1. The summed E-state index contributed by atoms with van der Waals surface area (Å²) in [5.41, 5.74) is 8.26. The van der Waals surface area contributed by atoms with Gasteiger partial charge < -0.3 is 15.9 Å². The number of amidine groups is 1. The van der Waals surface area contributed by atoms with Crippen molar-refractivity contribution in [2.45, 2.75) is 25.8 Å². The van der Waals surface area contributed by atoms with Crippen LogP contribution in [0, 0.1) is 5.82 Å². The first-order valence-corrected chi connectivity index (χ1v) is 9.43. The number of rotatable bonds is 7. The van der Waals surface area contributed by atoms with E-state index in [-0.39, 0.29) is 12.4 Å². The summed E-state index contributed by atoms with van der Waals surface area (Å²) in [5, 5.41) is 6.36. The van der Waals surface area contributed by atoms with Gasteiger partial charge in [0.2, 0.25) is 0 Å². The molecule has 0 atom stereocenters. The second-order valence-corrected chi connectivity index (χ2v) is 6.85. The van der Waals surface area contributed by atoms with E-state index in [9.17, 15) is 9.18 Å². The highest BCUT2D eigenvalue weighted by Gasteiger charge is 2.11. The Bertz CT molecular complexity index is 835. The molecule has 3 N–H and O–H groups in total. The summed E-state index contributed by atoms with van der Waals surface area (Å²) >= 11 is 0. The van der Waals surface area contributed by atoms with Gasteiger partial charge in [0.15, 0.2) is 12.4 Å². The van der Waals surface area contributed by atoms with Crippen LogP contribution in [0.15, 0.2) is 53.7 Å². The maximum Gasteiger partial charge on any atom is 0.265 e. The Labute approximate surface area is 164 Å². The molecule has 1 aliphatic heterocycles. The fourth-order valence-electron chi connectivity index (χ4n) is 3.18. The number of nitrogens with two attached hydrogens (primary N) is 1. The van der Waals surface area contributed by atoms with E-state index in [0.717, 1.165) is 25.2 Å². The topological polar surface area (TPSA) is 80.0 Å². The Morgan fingerprint density at radius 1 is 1.14 bits per heavy atom. The molecule has 148 valence electrons. The van der Waals surface area contributed by atoms with Gasteiger partial charge in [0.1, 0.15) is 5.82 Å². The number of nitrogens with zero attached hydrogens (tertiary/aromatic N) is 2. The quantitative estimate of drug-likeness (QED) is 0.437. The number of piperidine rings is 1. The standard InChI is InChI=1S/C21H25FN4O2/c22-18-8-5-9-19(13-18)24-20(27)15-28-25-21(23)17-7-4-6-16(12-17)14-26-10-2-1-3-11-26/h4-9,12-13H,1-3,10-11,14-15H2,(H2,23,25)(H,24,27). The van der Waals surface area contributed by atoms with E-state index in [1.807, 2.05) is 18.2 Å². The van der Waals surface area contributed by atoms with Gasteiger partial charge in [-0.3, -0.25) is 9.69 Å². The molecule has 0 aromatic heterocycles. The Hall–Kier alpha value is -2.93. The van der Waals surface area contributed by atoms with E-state index in [0.29, 0.717) is 5.69 Å². The summed E-state index contributed by atoms with van der Waals surface area (Å²) in [4.78, 5) is 19.3. The summed E-state index contributed by atoms with van der Waals surface area (Å²) < 4.78 is 13.1. The van der Waals surface area contributed by atoms with Crippen molar-refractivity contribution in [2.24, 2.45) is 10.9 Å². The van der Waals surface area contributed by atoms with Crippen LogP contribution in [-0.4, -0.2) is 36.3 Å². The lowest BCUT2D eigenvalue weighted by molar-refractivity contribution is -0.120. The molecule has 1 amide bonds. The molecule has 1 saturated heterocycles. The highest BCUT2D eigenvalue weighted by molar-refractivity contribution is 5.97. The lowest BCUT2D eigenvalue weighted by Crippen LogP contribution is -2.29. The Kier molecular flexibility index (Phi) is 6.97. The number of anilines is 1. The van der Waals surface area contributed by atoms with Crippen LogP contribution in [0.25, 0.3) is 0 Å². The van der Waals surface area contributed by atoms with Crippen LogP contribution in [0.2, 0.25) is 0 Å². The molecule has 0 saturated carbocycles. The zero-order valence-corrected chi connectivity index (χ0v) is 15.7. The number of amides is 1. The van der Waals surface area contributed by atoms with Crippen molar-refractivity contribution in [2.75, 3.05) is 25.0 Å². The van der Waals surface area contributed by atoms with Crippen molar-refractivity contribution in [3.8, 4) is 0 Å². The lowest BCUT2D eigenvalue weighted by Gasteiger charge is -2.26. The van der Waals surface area contributed by atoms with Crippen molar-refractivity contribution >= 4 is 17.4 Å². The van der Waals surface area contributed by atoms with Crippen molar-refractivity contribution in [3.05, 3.63) is 65.5 Å². The van der Waals surface area contributed by atoms with Crippen molar-refractivity contribution in [1.82, 2.24) is 4.90 Å². The second-order valence-electron chi connectivity index (χ2n) is 6.85. The van der Waals surface area contributed by atoms with Crippen LogP contribution in [-0.2, 0) is 16.2 Å². The summed E-state index contributed by atoms with van der Waals surface area (Å²) in [6, 6.07) is 13.5. The zero-order chi connectivity index (χ0) is 19.8. The van der Waals surface area contributed by atoms with Crippen LogP contribution in [0.5, 0.6) is 0 Å². The number of hydrogen-bond donors (Lipinski definition) is 2. The first-order valence-electron chi connectivity index (χ1n) is 9.43. The monoisotopic (exact) mass is 384 g/mol. The van der Waals surface area contributed by atoms with Crippen molar-refractivity contribution < 1.29 is 14.0 Å². The van der Waals surface area contributed by atoms with Crippen LogP contribution in [0.4, 0.5) is 10.1 Å². The molecule has 1 fully saturated rings. The largest absolute Gasteiger partial charge is 0.384 e. The van der Waals surface area contributed by atoms with Crippen molar-refractivity contribution in [1.29, 1.82) is 0 Å². The number of carbonyl (C=O) groups is 1. The van der Waals surface area contributed by atoms with Crippen LogP contribution >= 0.6 is 0 Å². The molecule has 7 heteroatoms. The predicted molar refractivity (Wildman–Crippen MR) is 107 cm³/mol. The molecule has 2 aromatic carbocycles. The minimum atomic E-state index is -0.444. The number of halogens is 1. The molecular weight excluding hydrogens is 359 g/mol. The van der Waals surface area contributed by atoms with Crippen LogP contribution in [0.1, 0.15) is 30.4 Å². The summed E-state index contributed by atoms with van der Waals surface area (Å²) in [6.45, 7) is 2.82. The van der Waals surface area contributed by atoms with Gasteiger partial charge in [0.05, 0.1) is 0 Å². The fraction of sp³-hybridized carbons (Fsp3) is 0.333. The van der Waals surface area contributed by atoms with E-state index >= 15 is 0 Å². The number of oxime groups is 1. The first kappa shape index (κ1) is 19.8. The Balaban J connectivity index is 1.51. The van der Waals surface area contributed by atoms with Gasteiger partial charge in [-0.1, -0.05) is 35.8 Å². The maximum atomic E-state index is 13.1. The summed E-state index contributed by atoms with van der Waals surface area (Å²) in [6.07, 6.45) is 3.80. The van der Waals surface area contributed by atoms with Crippen molar-refractivity contribution in [3.63, 3.8) is 0 Å². The average molecular weight is 384 g/mol. The van der Waals surface area contributed by atoms with Gasteiger partial charge >= 0.3 is 0 Å². The molecule has 1 aliphatic rings. The van der Waals surface area contributed by atoms with E-state index < -0.39 is 11.7 Å². The molecule has 0 radical (unpaired) electrons. The summed E-state index contributed by atoms with van der Waals surface area (Å²) in [5.74, 6) is -0.662. The lowest BCUT2D eigenvalue weighted by atomic mass is 10.1. The molecule has 0 bridgehead atoms. The minimum Gasteiger partial charge on any atom is -0.384 e. The van der Waals surface area contributed by atoms with Crippen LogP contribution in [0.3, 0.4) is 0 Å². The van der Waals surface area contributed by atoms with Gasteiger partial charge in [-0.05, 0) is 55.8 Å². The highest BCUT2D eigenvalue weighted by atomic mass is 19.1. The predicted octanol–water partition coefficient (Wildman–Crippen LogP) is 3.09. The SMILES string of the molecule is N/C(=N/OCC(=O)Nc1cccc(F)c1)c1cccc(CN2CCCCC2)c1. The fourth-order valence-corrected chi connectivity index (χ4v) is 3.18. The normalized spacial score (nSPS) is 15.2. The number of benzene rings is 2. The minimum absolute atomic E-state index is 0.207. The highest BCUT2D eigenvalue weighted by Crippen LogP contribution is 2.14. The summed E-state index contributed by atoms with van der Waals surface area (Å²) in [7, 11) is 0. The number of nitrogens with one attached hydrogen (secondary N) is 1. The number of hydrogen-bond acceptors (Lipinski definition) is 4. The Morgan fingerprint density at radius 2 is 1.93 bits per heavy atom. The van der Waals surface area contributed by atoms with E-state index in [1.165, 1.54) is 43.0 Å². The van der Waals surface area contributed by atoms with Gasteiger partial charge in [-0.15, -0.1) is 0 Å². The first-order chi connectivity index (χ1) is 13.6. The average Bonchev–Trinajstić information content (AvgIpc) is 2.69. The molecule has 2 aromatic rings. The third-order valence-electron chi connectivity index (χ3n) is 4.54. The van der Waals surface area contributed by atoms with Gasteiger partial charge in [0, 0.05) is 17.8 Å². The molecule has 0 unspecified atom stereocenters. The molecule has 3 rings (SSSR count). The molecular formula is C21H25FN4O2. The Morgan fingerprint density at radius 3 is 2.71 bits per heavy atom. The van der Waals surface area contributed by atoms with Crippen LogP contribution < -0.4 is 11.1 Å². The van der Waals surface area contributed by atoms with E-state index in [4.69, 9.17) is 10.6 Å². The van der Waals surface area contributed by atoms with E-state index in [2.05, 4.69) is 21.4 Å². The molecule has 1 heterocycles. The van der Waals surface area contributed by atoms with Gasteiger partial charge in [-0.25, -0.2) is 4.39 Å².